The second-order valence-electron chi connectivity index (χ2n) is 3.65. The first-order chi connectivity index (χ1) is 6.17. The van der Waals surface area contributed by atoms with Gasteiger partial charge < -0.3 is 15.0 Å². The number of ether oxygens (including phenoxy) is 1. The Bertz CT molecular complexity index is 197. The fourth-order valence-corrected chi connectivity index (χ4v) is 1.54. The molecule has 0 fully saturated rings. The minimum Gasteiger partial charge on any atom is -0.381 e. The summed E-state index contributed by atoms with van der Waals surface area (Å²) < 4.78 is 5.27. The third kappa shape index (κ3) is 2.62. The second-order valence-corrected chi connectivity index (χ2v) is 3.65. The van der Waals surface area contributed by atoms with E-state index in [0.29, 0.717) is 6.04 Å². The number of likely N-dealkylation sites (N-methyl/N-ethyl adjacent to an activating group) is 1. The van der Waals surface area contributed by atoms with Crippen molar-refractivity contribution in [2.75, 3.05) is 20.7 Å². The van der Waals surface area contributed by atoms with E-state index in [2.05, 4.69) is 37.3 Å². The minimum atomic E-state index is 0. The molecule has 1 N–H and O–H groups in total. The van der Waals surface area contributed by atoms with Gasteiger partial charge in [-0.2, -0.15) is 0 Å². The molecule has 1 aliphatic rings. The molecule has 0 amide bonds. The van der Waals surface area contributed by atoms with Gasteiger partial charge in [0.1, 0.15) is 0 Å². The second kappa shape index (κ2) is 4.51. The molecule has 1 unspecified atom stereocenters. The van der Waals surface area contributed by atoms with E-state index < -0.39 is 0 Å². The Morgan fingerprint density at radius 2 is 2.54 bits per heavy atom. The molecule has 2 atom stereocenters. The molecular weight excluding hydrogens is 164 g/mol. The Balaban J connectivity index is 0.00000169. The van der Waals surface area contributed by atoms with E-state index in [4.69, 9.17) is 4.74 Å². The summed E-state index contributed by atoms with van der Waals surface area (Å²) in [6, 6.07) is 0.558. The first-order valence-electron chi connectivity index (χ1n) is 4.88. The topological polar surface area (TPSA) is 24.5 Å². The largest absolute Gasteiger partial charge is 0.381 e. The van der Waals surface area contributed by atoms with E-state index in [1.54, 1.807) is 7.11 Å². The zero-order valence-electron chi connectivity index (χ0n) is 9.00. The highest BCUT2D eigenvalue weighted by Crippen LogP contribution is 2.11. The van der Waals surface area contributed by atoms with Gasteiger partial charge in [0.15, 0.2) is 0 Å². The predicted molar refractivity (Wildman–Crippen MR) is 56.5 cm³/mol. The van der Waals surface area contributed by atoms with Crippen molar-refractivity contribution < 1.29 is 6.16 Å². The molecule has 13 heavy (non-hydrogen) atoms. The lowest BCUT2D eigenvalue weighted by molar-refractivity contribution is 0.131. The van der Waals surface area contributed by atoms with E-state index in [-0.39, 0.29) is 7.53 Å². The number of rotatable bonds is 3. The minimum absolute atomic E-state index is 0. The Morgan fingerprint density at radius 1 is 1.85 bits per heavy atom. The van der Waals surface area contributed by atoms with Gasteiger partial charge in [0.05, 0.1) is 11.8 Å². The summed E-state index contributed by atoms with van der Waals surface area (Å²) in [6.07, 6.45) is 3.44. The average molecular weight is 186 g/mol. The van der Waals surface area contributed by atoms with E-state index in [0.717, 1.165) is 13.0 Å². The number of hydrogen-bond acceptors (Lipinski definition) is 3. The van der Waals surface area contributed by atoms with Gasteiger partial charge >= 0.3 is 0 Å². The van der Waals surface area contributed by atoms with Gasteiger partial charge in [-0.25, -0.2) is 0 Å². The molecule has 0 saturated heterocycles. The number of nitrogens with zero attached hydrogens (tertiary/aromatic N) is 1. The van der Waals surface area contributed by atoms with E-state index in [1.807, 2.05) is 0 Å². The molecule has 0 aromatic heterocycles. The Hall–Kier alpha value is -0.700. The highest BCUT2D eigenvalue weighted by molar-refractivity contribution is 5.09. The van der Waals surface area contributed by atoms with Gasteiger partial charge in [0.2, 0.25) is 0 Å². The number of nitrogens with one attached hydrogen (secondary N) is 1. The first-order valence-corrected chi connectivity index (χ1v) is 4.88. The Kier molecular flexibility index (Phi) is 3.60. The third-order valence-corrected chi connectivity index (χ3v) is 2.52. The molecule has 78 valence electrons. The molecule has 0 saturated carbocycles. The maximum atomic E-state index is 5.27. The molecule has 0 aliphatic carbocycles. The van der Waals surface area contributed by atoms with Crippen LogP contribution in [0, 0.1) is 0 Å². The van der Waals surface area contributed by atoms with Crippen molar-refractivity contribution in [3.05, 3.63) is 11.9 Å². The number of methoxy groups -OCH3 is 1. The highest BCUT2D eigenvalue weighted by Gasteiger charge is 2.18. The molecule has 0 aromatic rings. The lowest BCUT2D eigenvalue weighted by Gasteiger charge is -2.33. The molecule has 0 radical (unpaired) electrons. The van der Waals surface area contributed by atoms with Gasteiger partial charge in [-0.05, 0) is 13.3 Å². The molecule has 1 aliphatic heterocycles. The molecule has 0 bridgehead atoms. The Morgan fingerprint density at radius 3 is 3.08 bits per heavy atom. The van der Waals surface area contributed by atoms with Crippen LogP contribution < -0.4 is 5.32 Å². The maximum absolute atomic E-state index is 5.27. The molecule has 0 aromatic carbocycles. The zero-order chi connectivity index (χ0) is 9.84. The van der Waals surface area contributed by atoms with Crippen LogP contribution in [-0.2, 0) is 4.74 Å². The lowest BCUT2D eigenvalue weighted by Crippen LogP contribution is -2.44. The van der Waals surface area contributed by atoms with Gasteiger partial charge in [-0.3, -0.25) is 0 Å². The molecule has 0 spiro atoms. The first kappa shape index (κ1) is 10.4. The molecular formula is C10H22N2O. The standard InChI is InChI=1S/C10H20N2O.H2/c1-5-9-6-12(3)7-10(11-9)8(2)13-4;/h7-9,11H,5-6H2,1-4H3;1H/t8?,9-;/m0./s1. The van der Waals surface area contributed by atoms with Crippen LogP contribution in [0.2, 0.25) is 0 Å². The van der Waals surface area contributed by atoms with Gasteiger partial charge in [-0.15, -0.1) is 0 Å². The van der Waals surface area contributed by atoms with Crippen LogP contribution in [-0.4, -0.2) is 37.7 Å². The van der Waals surface area contributed by atoms with Crippen LogP contribution in [0.1, 0.15) is 21.7 Å². The average Bonchev–Trinajstić information content (AvgIpc) is 2.15. The summed E-state index contributed by atoms with van der Waals surface area (Å²) in [4.78, 5) is 2.22. The molecule has 1 rings (SSSR count). The van der Waals surface area contributed by atoms with Gasteiger partial charge in [0.25, 0.3) is 0 Å². The van der Waals surface area contributed by atoms with Gasteiger partial charge in [-0.1, -0.05) is 6.92 Å². The van der Waals surface area contributed by atoms with Gasteiger partial charge in [0, 0.05) is 34.4 Å². The lowest BCUT2D eigenvalue weighted by atomic mass is 10.1. The SMILES string of the molecule is CC[C@H]1CN(C)C=C(C(C)OC)N1.[HH]. The van der Waals surface area contributed by atoms with Crippen LogP contribution in [0.15, 0.2) is 11.9 Å². The van der Waals surface area contributed by atoms with Crippen LogP contribution in [0.3, 0.4) is 0 Å². The van der Waals surface area contributed by atoms with Crippen molar-refractivity contribution in [3.8, 4) is 0 Å². The van der Waals surface area contributed by atoms with Crippen molar-refractivity contribution in [1.82, 2.24) is 10.2 Å². The van der Waals surface area contributed by atoms with E-state index in [9.17, 15) is 0 Å². The monoisotopic (exact) mass is 186 g/mol. The predicted octanol–water partition coefficient (Wildman–Crippen LogP) is 1.42. The van der Waals surface area contributed by atoms with Crippen LogP contribution in [0.4, 0.5) is 0 Å². The smallest absolute Gasteiger partial charge is 0.0952 e. The summed E-state index contributed by atoms with van der Waals surface area (Å²) in [6.45, 7) is 5.34. The van der Waals surface area contributed by atoms with Crippen molar-refractivity contribution in [1.29, 1.82) is 0 Å². The number of hydrogen-bond donors (Lipinski definition) is 1. The van der Waals surface area contributed by atoms with Crippen molar-refractivity contribution >= 4 is 0 Å². The fourth-order valence-electron chi connectivity index (χ4n) is 1.54. The van der Waals surface area contributed by atoms with E-state index >= 15 is 0 Å². The van der Waals surface area contributed by atoms with Crippen LogP contribution in [0.25, 0.3) is 0 Å². The molecule has 3 heteroatoms. The van der Waals surface area contributed by atoms with Crippen LogP contribution >= 0.6 is 0 Å². The summed E-state index contributed by atoms with van der Waals surface area (Å²) in [7, 11) is 3.84. The van der Waals surface area contributed by atoms with Crippen molar-refractivity contribution in [2.24, 2.45) is 0 Å². The summed E-state index contributed by atoms with van der Waals surface area (Å²) in [5.74, 6) is 0. The summed E-state index contributed by atoms with van der Waals surface area (Å²) in [5, 5.41) is 3.48. The summed E-state index contributed by atoms with van der Waals surface area (Å²) >= 11 is 0. The normalized spacial score (nSPS) is 25.1. The van der Waals surface area contributed by atoms with Crippen LogP contribution in [0.5, 0.6) is 0 Å². The molecule has 3 nitrogen and oxygen atoms in total. The third-order valence-electron chi connectivity index (χ3n) is 2.52. The maximum Gasteiger partial charge on any atom is 0.0952 e. The fraction of sp³-hybridized carbons (Fsp3) is 0.800. The molecule has 1 heterocycles. The Labute approximate surface area is 82.2 Å². The summed E-state index contributed by atoms with van der Waals surface area (Å²) in [5.41, 5.74) is 1.18. The zero-order valence-corrected chi connectivity index (χ0v) is 9.00. The highest BCUT2D eigenvalue weighted by atomic mass is 16.5. The van der Waals surface area contributed by atoms with E-state index in [1.165, 1.54) is 5.70 Å². The quantitative estimate of drug-likeness (QED) is 0.721. The van der Waals surface area contributed by atoms with Crippen molar-refractivity contribution in [2.45, 2.75) is 32.4 Å². The van der Waals surface area contributed by atoms with Crippen molar-refractivity contribution in [3.63, 3.8) is 0 Å².